The van der Waals surface area contributed by atoms with E-state index in [1.807, 2.05) is 36.4 Å². The Labute approximate surface area is 192 Å². The highest BCUT2D eigenvalue weighted by Gasteiger charge is 2.21. The van der Waals surface area contributed by atoms with E-state index in [-0.39, 0.29) is 0 Å². The first-order valence-electron chi connectivity index (χ1n) is 11.3. The van der Waals surface area contributed by atoms with Crippen LogP contribution >= 0.6 is 0 Å². The fourth-order valence-electron chi connectivity index (χ4n) is 4.48. The number of benzene rings is 2. The second-order valence-corrected chi connectivity index (χ2v) is 8.48. The minimum absolute atomic E-state index is 0.370. The lowest BCUT2D eigenvalue weighted by atomic mass is 10.1. The molecule has 0 saturated carbocycles. The number of carbonyl (C=O) groups excluding carboxylic acids is 2. The molecule has 1 aliphatic rings. The number of nitrogens with one attached hydrogen (secondary N) is 2. The van der Waals surface area contributed by atoms with Gasteiger partial charge >= 0.3 is 0 Å². The molecule has 1 fully saturated rings. The molecule has 7 heteroatoms. The van der Waals surface area contributed by atoms with Crippen LogP contribution in [-0.4, -0.2) is 59.3 Å². The van der Waals surface area contributed by atoms with Crippen molar-refractivity contribution in [3.8, 4) is 0 Å². The SMILES string of the molecule is CCN1CCN(c2cc(C)c3cc(NC(=O)C(=O)c4c[nH]c5ccccc45)ccc3n2)CC1. The van der Waals surface area contributed by atoms with Crippen molar-refractivity contribution in [3.05, 3.63) is 65.9 Å². The Hall–Kier alpha value is -3.71. The van der Waals surface area contributed by atoms with Gasteiger partial charge in [0.15, 0.2) is 0 Å². The van der Waals surface area contributed by atoms with Crippen LogP contribution in [0.5, 0.6) is 0 Å². The van der Waals surface area contributed by atoms with Gasteiger partial charge in [0.2, 0.25) is 0 Å². The molecule has 0 unspecified atom stereocenters. The van der Waals surface area contributed by atoms with Crippen LogP contribution in [0.3, 0.4) is 0 Å². The smallest absolute Gasteiger partial charge is 0.296 e. The Kier molecular flexibility index (Phi) is 5.56. The first-order chi connectivity index (χ1) is 16.0. The number of anilines is 2. The Morgan fingerprint density at radius 3 is 2.61 bits per heavy atom. The predicted octanol–water partition coefficient (Wildman–Crippen LogP) is 3.99. The van der Waals surface area contributed by atoms with E-state index in [1.54, 1.807) is 12.3 Å². The fourth-order valence-corrected chi connectivity index (χ4v) is 4.48. The topological polar surface area (TPSA) is 81.3 Å². The third-order valence-electron chi connectivity index (χ3n) is 6.44. The summed E-state index contributed by atoms with van der Waals surface area (Å²) in [5.74, 6) is -0.235. The Morgan fingerprint density at radius 2 is 1.82 bits per heavy atom. The molecular weight excluding hydrogens is 414 g/mol. The molecule has 0 aliphatic carbocycles. The van der Waals surface area contributed by atoms with E-state index >= 15 is 0 Å². The number of para-hydroxylation sites is 1. The van der Waals surface area contributed by atoms with E-state index in [0.29, 0.717) is 11.3 Å². The van der Waals surface area contributed by atoms with Crippen molar-refractivity contribution in [1.82, 2.24) is 14.9 Å². The van der Waals surface area contributed by atoms with Gasteiger partial charge < -0.3 is 20.1 Å². The highest BCUT2D eigenvalue weighted by molar-refractivity contribution is 6.48. The number of carbonyl (C=O) groups is 2. The molecule has 0 spiro atoms. The summed E-state index contributed by atoms with van der Waals surface area (Å²) < 4.78 is 0. The summed E-state index contributed by atoms with van der Waals surface area (Å²) in [6.45, 7) is 9.35. The van der Waals surface area contributed by atoms with Gasteiger partial charge in [-0.25, -0.2) is 4.98 Å². The quantitative estimate of drug-likeness (QED) is 0.362. The standard InChI is InChI=1S/C26H27N5O2/c1-3-30-10-12-31(13-11-30)24-14-17(2)20-15-18(8-9-23(20)29-24)28-26(33)25(32)21-16-27-22-7-5-4-6-19(21)22/h4-9,14-16,27H,3,10-13H2,1-2H3,(H,28,33). The number of hydrogen-bond donors (Lipinski definition) is 2. The number of piperazine rings is 1. The lowest BCUT2D eigenvalue weighted by Gasteiger charge is -2.35. The summed E-state index contributed by atoms with van der Waals surface area (Å²) in [5.41, 5.74) is 3.74. The van der Waals surface area contributed by atoms with E-state index in [9.17, 15) is 9.59 Å². The fraction of sp³-hybridized carbons (Fsp3) is 0.269. The maximum atomic E-state index is 12.8. The lowest BCUT2D eigenvalue weighted by Crippen LogP contribution is -2.46. The van der Waals surface area contributed by atoms with Gasteiger partial charge in [-0.3, -0.25) is 9.59 Å². The molecule has 3 heterocycles. The molecule has 2 N–H and O–H groups in total. The third kappa shape index (κ3) is 4.07. The van der Waals surface area contributed by atoms with Crippen LogP contribution in [0, 0.1) is 6.92 Å². The molecule has 0 bridgehead atoms. The molecule has 7 nitrogen and oxygen atoms in total. The number of Topliss-reactive ketones (excluding diaryl/α,β-unsaturated/α-hetero) is 1. The monoisotopic (exact) mass is 441 g/mol. The molecule has 1 saturated heterocycles. The van der Waals surface area contributed by atoms with Crippen LogP contribution in [0.25, 0.3) is 21.8 Å². The van der Waals surface area contributed by atoms with Crippen LogP contribution in [0.2, 0.25) is 0 Å². The van der Waals surface area contributed by atoms with Crippen LogP contribution in [-0.2, 0) is 4.79 Å². The number of H-pyrrole nitrogens is 1. The number of aryl methyl sites for hydroxylation is 1. The van der Waals surface area contributed by atoms with Crippen LogP contribution in [0.1, 0.15) is 22.8 Å². The number of amides is 1. The van der Waals surface area contributed by atoms with Gasteiger partial charge in [0.1, 0.15) is 5.82 Å². The van der Waals surface area contributed by atoms with Crippen molar-refractivity contribution in [2.75, 3.05) is 42.9 Å². The van der Waals surface area contributed by atoms with Gasteiger partial charge in [0.25, 0.3) is 11.7 Å². The minimum atomic E-state index is -0.657. The van der Waals surface area contributed by atoms with Gasteiger partial charge in [0.05, 0.1) is 11.1 Å². The summed E-state index contributed by atoms with van der Waals surface area (Å²) in [6, 6.07) is 15.1. The largest absolute Gasteiger partial charge is 0.360 e. The Bertz CT molecular complexity index is 1350. The number of aromatic amines is 1. The molecule has 5 rings (SSSR count). The molecular formula is C26H27N5O2. The van der Waals surface area contributed by atoms with Gasteiger partial charge in [0, 0.05) is 54.4 Å². The zero-order valence-electron chi connectivity index (χ0n) is 18.9. The number of nitrogens with zero attached hydrogens (tertiary/aromatic N) is 3. The van der Waals surface area contributed by atoms with E-state index in [0.717, 1.165) is 65.9 Å². The first-order valence-corrected chi connectivity index (χ1v) is 11.3. The Morgan fingerprint density at radius 1 is 1.03 bits per heavy atom. The van der Waals surface area contributed by atoms with Gasteiger partial charge in [-0.1, -0.05) is 25.1 Å². The molecule has 1 amide bonds. The summed E-state index contributed by atoms with van der Waals surface area (Å²) in [5, 5.41) is 4.46. The van der Waals surface area contributed by atoms with Crippen molar-refractivity contribution < 1.29 is 9.59 Å². The number of aromatic nitrogens is 2. The predicted molar refractivity (Wildman–Crippen MR) is 132 cm³/mol. The minimum Gasteiger partial charge on any atom is -0.360 e. The second kappa shape index (κ2) is 8.67. The number of rotatable bonds is 5. The second-order valence-electron chi connectivity index (χ2n) is 8.48. The van der Waals surface area contributed by atoms with Crippen molar-refractivity contribution in [2.24, 2.45) is 0 Å². The Balaban J connectivity index is 1.35. The maximum absolute atomic E-state index is 12.8. The zero-order chi connectivity index (χ0) is 22.9. The van der Waals surface area contributed by atoms with Crippen LogP contribution in [0.4, 0.5) is 11.5 Å². The normalized spacial score (nSPS) is 14.7. The van der Waals surface area contributed by atoms with Crippen molar-refractivity contribution in [2.45, 2.75) is 13.8 Å². The summed E-state index contributed by atoms with van der Waals surface area (Å²) in [6.07, 6.45) is 1.59. The summed E-state index contributed by atoms with van der Waals surface area (Å²) in [4.78, 5) is 38.1. The maximum Gasteiger partial charge on any atom is 0.296 e. The average Bonchev–Trinajstić information content (AvgIpc) is 3.28. The zero-order valence-corrected chi connectivity index (χ0v) is 18.9. The van der Waals surface area contributed by atoms with Crippen molar-refractivity contribution >= 4 is 45.0 Å². The molecule has 1 aliphatic heterocycles. The van der Waals surface area contributed by atoms with Crippen LogP contribution in [0.15, 0.2) is 54.7 Å². The van der Waals surface area contributed by atoms with Gasteiger partial charge in [-0.05, 0) is 49.4 Å². The molecule has 168 valence electrons. The van der Waals surface area contributed by atoms with Gasteiger partial charge in [-0.15, -0.1) is 0 Å². The average molecular weight is 442 g/mol. The lowest BCUT2D eigenvalue weighted by molar-refractivity contribution is -0.112. The number of likely N-dealkylation sites (N-methyl/N-ethyl adjacent to an activating group) is 1. The highest BCUT2D eigenvalue weighted by atomic mass is 16.2. The number of ketones is 1. The highest BCUT2D eigenvalue weighted by Crippen LogP contribution is 2.26. The molecule has 4 aromatic rings. The van der Waals surface area contributed by atoms with E-state index in [2.05, 4.69) is 40.0 Å². The first kappa shape index (κ1) is 21.2. The third-order valence-corrected chi connectivity index (χ3v) is 6.44. The molecule has 0 radical (unpaired) electrons. The van der Waals surface area contributed by atoms with E-state index in [4.69, 9.17) is 4.98 Å². The molecule has 33 heavy (non-hydrogen) atoms. The molecule has 2 aromatic heterocycles. The molecule has 2 aromatic carbocycles. The summed E-state index contributed by atoms with van der Waals surface area (Å²) >= 11 is 0. The van der Waals surface area contributed by atoms with Crippen molar-refractivity contribution in [1.29, 1.82) is 0 Å². The number of fused-ring (bicyclic) bond motifs is 2. The number of pyridine rings is 1. The van der Waals surface area contributed by atoms with E-state index in [1.165, 1.54) is 0 Å². The number of hydrogen-bond acceptors (Lipinski definition) is 5. The summed E-state index contributed by atoms with van der Waals surface area (Å²) in [7, 11) is 0. The van der Waals surface area contributed by atoms with Crippen molar-refractivity contribution in [3.63, 3.8) is 0 Å². The van der Waals surface area contributed by atoms with E-state index < -0.39 is 11.7 Å². The van der Waals surface area contributed by atoms with Gasteiger partial charge in [-0.2, -0.15) is 0 Å². The van der Waals surface area contributed by atoms with Crippen LogP contribution < -0.4 is 10.2 Å². The molecule has 0 atom stereocenters.